The minimum atomic E-state index is -0.255. The maximum Gasteiger partial charge on any atom is 0.277 e. The molecule has 3 heterocycles. The molecule has 0 unspecified atom stereocenters. The quantitative estimate of drug-likeness (QED) is 0.789. The van der Waals surface area contributed by atoms with Crippen LogP contribution in [0.25, 0.3) is 11.3 Å². The zero-order valence-corrected chi connectivity index (χ0v) is 14.1. The molecule has 0 bridgehead atoms. The third-order valence-electron chi connectivity index (χ3n) is 3.79. The number of anilines is 1. The lowest BCUT2D eigenvalue weighted by Gasteiger charge is -2.15. The third kappa shape index (κ3) is 2.56. The summed E-state index contributed by atoms with van der Waals surface area (Å²) < 4.78 is 7.48. The Morgan fingerprint density at radius 3 is 2.96 bits per heavy atom. The standard InChI is InChI=1S/C17H16N4O2S/c1-10(2)21-8-7-12(20-21)16(22)19-17-18-15-11-5-3-4-6-13(11)23-9-14(15)24-17/h3-8,10H,9H2,1-2H3,(H,18,19,22). The topological polar surface area (TPSA) is 69.0 Å². The van der Waals surface area contributed by atoms with Crippen molar-refractivity contribution >= 4 is 22.4 Å². The Morgan fingerprint density at radius 2 is 2.17 bits per heavy atom. The summed E-state index contributed by atoms with van der Waals surface area (Å²) in [6.07, 6.45) is 1.80. The number of aromatic nitrogens is 3. The minimum absolute atomic E-state index is 0.215. The predicted octanol–water partition coefficient (Wildman–Crippen LogP) is 3.73. The van der Waals surface area contributed by atoms with Gasteiger partial charge < -0.3 is 4.74 Å². The van der Waals surface area contributed by atoms with E-state index in [4.69, 9.17) is 4.74 Å². The summed E-state index contributed by atoms with van der Waals surface area (Å²) >= 11 is 1.43. The van der Waals surface area contributed by atoms with Gasteiger partial charge in [0.05, 0.1) is 10.6 Å². The Morgan fingerprint density at radius 1 is 1.33 bits per heavy atom. The Kier molecular flexibility index (Phi) is 3.57. The van der Waals surface area contributed by atoms with Gasteiger partial charge in [0.1, 0.15) is 12.4 Å². The number of carbonyl (C=O) groups excluding carboxylic acids is 1. The molecule has 122 valence electrons. The fraction of sp³-hybridized carbons (Fsp3) is 0.235. The van der Waals surface area contributed by atoms with Crippen molar-refractivity contribution in [2.75, 3.05) is 5.32 Å². The van der Waals surface area contributed by atoms with Gasteiger partial charge in [-0.25, -0.2) is 4.98 Å². The highest BCUT2D eigenvalue weighted by molar-refractivity contribution is 7.16. The van der Waals surface area contributed by atoms with Gasteiger partial charge in [-0.2, -0.15) is 5.10 Å². The largest absolute Gasteiger partial charge is 0.487 e. The van der Waals surface area contributed by atoms with E-state index in [1.807, 2.05) is 38.1 Å². The summed E-state index contributed by atoms with van der Waals surface area (Å²) in [5.41, 5.74) is 2.22. The maximum absolute atomic E-state index is 12.4. The molecule has 4 rings (SSSR count). The molecule has 7 heteroatoms. The van der Waals surface area contributed by atoms with E-state index in [-0.39, 0.29) is 11.9 Å². The molecular formula is C17H16N4O2S. The summed E-state index contributed by atoms with van der Waals surface area (Å²) in [7, 11) is 0. The number of amides is 1. The number of hydrogen-bond donors (Lipinski definition) is 1. The predicted molar refractivity (Wildman–Crippen MR) is 92.4 cm³/mol. The Balaban J connectivity index is 1.58. The number of para-hydroxylation sites is 1. The van der Waals surface area contributed by atoms with Crippen LogP contribution in [0.15, 0.2) is 36.5 Å². The molecule has 1 aromatic carbocycles. The van der Waals surface area contributed by atoms with Crippen molar-refractivity contribution in [1.29, 1.82) is 0 Å². The van der Waals surface area contributed by atoms with Crippen LogP contribution in [0.2, 0.25) is 0 Å². The van der Waals surface area contributed by atoms with E-state index in [1.54, 1.807) is 16.9 Å². The van der Waals surface area contributed by atoms with Crippen molar-refractivity contribution in [2.24, 2.45) is 0 Å². The summed E-state index contributed by atoms with van der Waals surface area (Å²) in [4.78, 5) is 17.9. The van der Waals surface area contributed by atoms with Crippen LogP contribution in [-0.4, -0.2) is 20.7 Å². The van der Waals surface area contributed by atoms with Crippen LogP contribution in [0.4, 0.5) is 5.13 Å². The fourth-order valence-electron chi connectivity index (χ4n) is 2.55. The van der Waals surface area contributed by atoms with Gasteiger partial charge in [-0.15, -0.1) is 0 Å². The van der Waals surface area contributed by atoms with Gasteiger partial charge in [0, 0.05) is 17.8 Å². The van der Waals surface area contributed by atoms with E-state index in [1.165, 1.54) is 11.3 Å². The van der Waals surface area contributed by atoms with Crippen molar-refractivity contribution in [3.05, 3.63) is 47.1 Å². The first-order valence-corrected chi connectivity index (χ1v) is 8.52. The van der Waals surface area contributed by atoms with Gasteiger partial charge in [0.2, 0.25) is 0 Å². The van der Waals surface area contributed by atoms with E-state index < -0.39 is 0 Å². The van der Waals surface area contributed by atoms with Crippen LogP contribution in [-0.2, 0) is 6.61 Å². The van der Waals surface area contributed by atoms with Crippen molar-refractivity contribution < 1.29 is 9.53 Å². The second-order valence-electron chi connectivity index (χ2n) is 5.80. The van der Waals surface area contributed by atoms with Crippen LogP contribution >= 0.6 is 11.3 Å². The van der Waals surface area contributed by atoms with Crippen LogP contribution in [0.3, 0.4) is 0 Å². The molecule has 0 saturated heterocycles. The Hall–Kier alpha value is -2.67. The fourth-order valence-corrected chi connectivity index (χ4v) is 3.44. The van der Waals surface area contributed by atoms with Gasteiger partial charge >= 0.3 is 0 Å². The van der Waals surface area contributed by atoms with Crippen molar-refractivity contribution in [3.8, 4) is 17.0 Å². The molecule has 0 radical (unpaired) electrons. The second-order valence-corrected chi connectivity index (χ2v) is 6.89. The van der Waals surface area contributed by atoms with Gasteiger partial charge in [-0.1, -0.05) is 23.5 Å². The summed E-state index contributed by atoms with van der Waals surface area (Å²) in [6, 6.07) is 9.71. The highest BCUT2D eigenvalue weighted by atomic mass is 32.1. The van der Waals surface area contributed by atoms with Crippen molar-refractivity contribution in [1.82, 2.24) is 14.8 Å². The monoisotopic (exact) mass is 340 g/mol. The third-order valence-corrected chi connectivity index (χ3v) is 4.73. The summed E-state index contributed by atoms with van der Waals surface area (Å²) in [6.45, 7) is 4.50. The molecule has 0 saturated carbocycles. The summed E-state index contributed by atoms with van der Waals surface area (Å²) in [5, 5.41) is 7.68. The molecule has 1 amide bonds. The van der Waals surface area contributed by atoms with Crippen LogP contribution in [0.1, 0.15) is 35.3 Å². The van der Waals surface area contributed by atoms with Crippen molar-refractivity contribution in [2.45, 2.75) is 26.5 Å². The minimum Gasteiger partial charge on any atom is -0.487 e. The average molecular weight is 340 g/mol. The number of ether oxygens (including phenoxy) is 1. The number of benzene rings is 1. The number of rotatable bonds is 3. The molecule has 1 aliphatic heterocycles. The number of thiazole rings is 1. The first-order chi connectivity index (χ1) is 11.6. The molecular weight excluding hydrogens is 324 g/mol. The van der Waals surface area contributed by atoms with Crippen LogP contribution < -0.4 is 10.1 Å². The zero-order valence-electron chi connectivity index (χ0n) is 13.3. The maximum atomic E-state index is 12.4. The molecule has 1 aliphatic rings. The van der Waals surface area contributed by atoms with Crippen molar-refractivity contribution in [3.63, 3.8) is 0 Å². The lowest BCUT2D eigenvalue weighted by molar-refractivity contribution is 0.102. The van der Waals surface area contributed by atoms with E-state index >= 15 is 0 Å². The second kappa shape index (κ2) is 5.76. The lowest BCUT2D eigenvalue weighted by atomic mass is 10.1. The van der Waals surface area contributed by atoms with E-state index in [0.717, 1.165) is 21.9 Å². The molecule has 1 N–H and O–H groups in total. The lowest BCUT2D eigenvalue weighted by Crippen LogP contribution is -2.13. The number of hydrogen-bond acceptors (Lipinski definition) is 5. The molecule has 24 heavy (non-hydrogen) atoms. The van der Waals surface area contributed by atoms with Crippen LogP contribution in [0.5, 0.6) is 5.75 Å². The number of carbonyl (C=O) groups is 1. The van der Waals surface area contributed by atoms with E-state index in [2.05, 4.69) is 15.4 Å². The smallest absolute Gasteiger partial charge is 0.277 e. The highest BCUT2D eigenvalue weighted by Gasteiger charge is 2.23. The molecule has 6 nitrogen and oxygen atoms in total. The van der Waals surface area contributed by atoms with E-state index in [9.17, 15) is 4.79 Å². The molecule has 0 aliphatic carbocycles. The highest BCUT2D eigenvalue weighted by Crippen LogP contribution is 2.40. The zero-order chi connectivity index (χ0) is 16.7. The first kappa shape index (κ1) is 14.9. The first-order valence-electron chi connectivity index (χ1n) is 7.70. The Bertz CT molecular complexity index is 913. The van der Waals surface area contributed by atoms with Crippen LogP contribution in [0, 0.1) is 0 Å². The average Bonchev–Trinajstić information content (AvgIpc) is 3.21. The van der Waals surface area contributed by atoms with Gasteiger partial charge in [-0.05, 0) is 32.0 Å². The molecule has 0 atom stereocenters. The Labute approximate surface area is 143 Å². The van der Waals surface area contributed by atoms with E-state index in [0.29, 0.717) is 17.4 Å². The number of fused-ring (bicyclic) bond motifs is 3. The molecule has 0 fully saturated rings. The SMILES string of the molecule is CC(C)n1ccc(C(=O)Nc2nc3c(s2)COc2ccccc2-3)n1. The number of nitrogens with one attached hydrogen (secondary N) is 1. The van der Waals surface area contributed by atoms with Gasteiger partial charge in [0.25, 0.3) is 5.91 Å². The normalized spacial score (nSPS) is 12.5. The van der Waals surface area contributed by atoms with Gasteiger partial charge in [-0.3, -0.25) is 14.8 Å². The van der Waals surface area contributed by atoms with Gasteiger partial charge in [0.15, 0.2) is 10.8 Å². The molecule has 0 spiro atoms. The molecule has 3 aromatic rings. The summed E-state index contributed by atoms with van der Waals surface area (Å²) in [5.74, 6) is 0.568. The number of nitrogens with zero attached hydrogens (tertiary/aromatic N) is 3. The molecule has 2 aromatic heterocycles.